The normalized spacial score (nSPS) is 10.9. The van der Waals surface area contributed by atoms with Gasteiger partial charge in [0.2, 0.25) is 0 Å². The van der Waals surface area contributed by atoms with Crippen LogP contribution in [0, 0.1) is 6.92 Å². The smallest absolute Gasteiger partial charge is 0.325 e. The zero-order chi connectivity index (χ0) is 20.1. The first-order valence-electron chi connectivity index (χ1n) is 9.05. The molecule has 0 fully saturated rings. The predicted octanol–water partition coefficient (Wildman–Crippen LogP) is 2.90. The molecule has 0 unspecified atom stereocenters. The number of aromatic nitrogens is 2. The van der Waals surface area contributed by atoms with Crippen LogP contribution in [0.3, 0.4) is 0 Å². The summed E-state index contributed by atoms with van der Waals surface area (Å²) in [6, 6.07) is 10.6. The van der Waals surface area contributed by atoms with Gasteiger partial charge in [0.05, 0.1) is 11.8 Å². The molecule has 0 bridgehead atoms. The summed E-state index contributed by atoms with van der Waals surface area (Å²) in [6.45, 7) is 5.69. The van der Waals surface area contributed by atoms with Gasteiger partial charge in [-0.15, -0.1) is 0 Å². The average molecular weight is 381 g/mol. The van der Waals surface area contributed by atoms with Crippen molar-refractivity contribution in [2.45, 2.75) is 33.5 Å². The minimum absolute atomic E-state index is 0.0523. The molecule has 0 aliphatic rings. The molecule has 28 heavy (non-hydrogen) atoms. The fourth-order valence-electron chi connectivity index (χ4n) is 2.64. The van der Waals surface area contributed by atoms with E-state index in [1.165, 1.54) is 0 Å². The lowest BCUT2D eigenvalue weighted by Gasteiger charge is -2.10. The molecule has 2 aromatic heterocycles. The Morgan fingerprint density at radius 3 is 2.57 bits per heavy atom. The Hall–Kier alpha value is -3.35. The van der Waals surface area contributed by atoms with Crippen LogP contribution >= 0.6 is 0 Å². The molecule has 7 nitrogen and oxygen atoms in total. The van der Waals surface area contributed by atoms with E-state index in [1.807, 2.05) is 49.7 Å². The van der Waals surface area contributed by atoms with E-state index in [2.05, 4.69) is 10.3 Å². The van der Waals surface area contributed by atoms with Crippen molar-refractivity contribution >= 4 is 17.5 Å². The summed E-state index contributed by atoms with van der Waals surface area (Å²) in [5.41, 5.74) is 2.99. The highest BCUT2D eigenvalue weighted by Crippen LogP contribution is 2.13. The van der Waals surface area contributed by atoms with Gasteiger partial charge < -0.3 is 19.2 Å². The summed E-state index contributed by atoms with van der Waals surface area (Å²) in [6.07, 6.45) is 3.83. The quantitative estimate of drug-likeness (QED) is 0.637. The maximum atomic E-state index is 12.1. The van der Waals surface area contributed by atoms with Crippen LogP contribution in [0.2, 0.25) is 0 Å². The number of hydrogen-bond acceptors (Lipinski definition) is 5. The second kappa shape index (κ2) is 8.56. The number of nitrogens with one attached hydrogen (secondary N) is 1. The third-order valence-corrected chi connectivity index (χ3v) is 3.91. The van der Waals surface area contributed by atoms with Crippen LogP contribution in [0.1, 0.15) is 35.5 Å². The SMILES string of the molecule is Cc1ccc2nc(COC(=O)CNC(=O)c3ccc(OC(C)C)cc3)cn2c1. The molecule has 0 saturated heterocycles. The molecule has 3 aromatic rings. The molecule has 1 amide bonds. The number of fused-ring (bicyclic) bond motifs is 1. The first-order valence-corrected chi connectivity index (χ1v) is 9.05. The second-order valence-electron chi connectivity index (χ2n) is 6.74. The first-order chi connectivity index (χ1) is 13.4. The standard InChI is InChI=1S/C21H23N3O4/c1-14(2)28-18-7-5-16(6-8-18)21(26)22-10-20(25)27-13-17-12-24-11-15(3)4-9-19(24)23-17/h4-9,11-12,14H,10,13H2,1-3H3,(H,22,26). The van der Waals surface area contributed by atoms with Gasteiger partial charge in [-0.3, -0.25) is 9.59 Å². The molecule has 7 heteroatoms. The number of ether oxygens (including phenoxy) is 2. The highest BCUT2D eigenvalue weighted by Gasteiger charge is 2.11. The summed E-state index contributed by atoms with van der Waals surface area (Å²) in [5, 5.41) is 2.55. The third kappa shape index (κ3) is 5.09. The van der Waals surface area contributed by atoms with Crippen molar-refractivity contribution in [3.8, 4) is 5.75 Å². The van der Waals surface area contributed by atoms with Gasteiger partial charge in [-0.1, -0.05) is 6.07 Å². The van der Waals surface area contributed by atoms with E-state index in [-0.39, 0.29) is 25.2 Å². The molecule has 1 N–H and O–H groups in total. The minimum Gasteiger partial charge on any atom is -0.491 e. The van der Waals surface area contributed by atoms with Crippen LogP contribution in [-0.4, -0.2) is 33.9 Å². The van der Waals surface area contributed by atoms with Crippen molar-refractivity contribution in [3.63, 3.8) is 0 Å². The number of carbonyl (C=O) groups is 2. The fourth-order valence-corrected chi connectivity index (χ4v) is 2.64. The number of imidazole rings is 1. The number of pyridine rings is 1. The van der Waals surface area contributed by atoms with Gasteiger partial charge in [-0.05, 0) is 56.7 Å². The molecule has 146 valence electrons. The van der Waals surface area contributed by atoms with Crippen molar-refractivity contribution in [1.82, 2.24) is 14.7 Å². The Morgan fingerprint density at radius 1 is 1.11 bits per heavy atom. The topological polar surface area (TPSA) is 81.9 Å². The number of nitrogens with zero attached hydrogens (tertiary/aromatic N) is 2. The van der Waals surface area contributed by atoms with Crippen molar-refractivity contribution < 1.29 is 19.1 Å². The molecular weight excluding hydrogens is 358 g/mol. The van der Waals surface area contributed by atoms with Gasteiger partial charge >= 0.3 is 5.97 Å². The summed E-state index contributed by atoms with van der Waals surface area (Å²) in [7, 11) is 0. The Balaban J connectivity index is 1.47. The zero-order valence-electron chi connectivity index (χ0n) is 16.1. The molecule has 0 atom stereocenters. The Bertz CT molecular complexity index is 977. The van der Waals surface area contributed by atoms with Gasteiger partial charge in [0, 0.05) is 18.0 Å². The Labute approximate surface area is 163 Å². The lowest BCUT2D eigenvalue weighted by molar-refractivity contribution is -0.143. The van der Waals surface area contributed by atoms with Crippen molar-refractivity contribution in [2.24, 2.45) is 0 Å². The minimum atomic E-state index is -0.527. The Morgan fingerprint density at radius 2 is 1.86 bits per heavy atom. The van der Waals surface area contributed by atoms with E-state index in [9.17, 15) is 9.59 Å². The van der Waals surface area contributed by atoms with E-state index < -0.39 is 5.97 Å². The van der Waals surface area contributed by atoms with Gasteiger partial charge in [-0.2, -0.15) is 0 Å². The molecule has 0 saturated carbocycles. The van der Waals surface area contributed by atoms with E-state index >= 15 is 0 Å². The zero-order valence-corrected chi connectivity index (χ0v) is 16.1. The van der Waals surface area contributed by atoms with Crippen LogP contribution in [0.15, 0.2) is 48.8 Å². The van der Waals surface area contributed by atoms with E-state index in [1.54, 1.807) is 24.3 Å². The van der Waals surface area contributed by atoms with Crippen molar-refractivity contribution in [3.05, 3.63) is 65.6 Å². The predicted molar refractivity (Wildman–Crippen MR) is 104 cm³/mol. The molecule has 3 rings (SSSR count). The molecular formula is C21H23N3O4. The van der Waals surface area contributed by atoms with Crippen LogP contribution in [0.5, 0.6) is 5.75 Å². The maximum Gasteiger partial charge on any atom is 0.325 e. The van der Waals surface area contributed by atoms with Gasteiger partial charge in [-0.25, -0.2) is 4.98 Å². The number of esters is 1. The van der Waals surface area contributed by atoms with E-state index in [4.69, 9.17) is 9.47 Å². The summed E-state index contributed by atoms with van der Waals surface area (Å²) < 4.78 is 12.6. The highest BCUT2D eigenvalue weighted by atomic mass is 16.5. The molecule has 0 aliphatic carbocycles. The molecule has 0 spiro atoms. The number of benzene rings is 1. The van der Waals surface area contributed by atoms with Crippen LogP contribution in [0.25, 0.3) is 5.65 Å². The van der Waals surface area contributed by atoms with Crippen molar-refractivity contribution in [2.75, 3.05) is 6.54 Å². The lowest BCUT2D eigenvalue weighted by Crippen LogP contribution is -2.30. The summed E-state index contributed by atoms with van der Waals surface area (Å²) in [4.78, 5) is 28.4. The van der Waals surface area contributed by atoms with Gasteiger partial charge in [0.1, 0.15) is 24.5 Å². The van der Waals surface area contributed by atoms with Crippen LogP contribution in [-0.2, 0) is 16.1 Å². The Kier molecular flexibility index (Phi) is 5.93. The summed E-state index contributed by atoms with van der Waals surface area (Å²) in [5.74, 6) is -0.189. The number of rotatable bonds is 7. The number of carbonyl (C=O) groups excluding carboxylic acids is 2. The molecule has 0 radical (unpaired) electrons. The van der Waals surface area contributed by atoms with Crippen molar-refractivity contribution in [1.29, 1.82) is 0 Å². The third-order valence-electron chi connectivity index (χ3n) is 3.91. The molecule has 2 heterocycles. The number of hydrogen-bond donors (Lipinski definition) is 1. The maximum absolute atomic E-state index is 12.1. The van der Waals surface area contributed by atoms with Crippen LogP contribution < -0.4 is 10.1 Å². The molecule has 0 aliphatic heterocycles. The van der Waals surface area contributed by atoms with E-state index in [0.717, 1.165) is 11.2 Å². The largest absolute Gasteiger partial charge is 0.491 e. The van der Waals surface area contributed by atoms with Gasteiger partial charge in [0.15, 0.2) is 0 Å². The number of aryl methyl sites for hydroxylation is 1. The van der Waals surface area contributed by atoms with E-state index in [0.29, 0.717) is 17.0 Å². The van der Waals surface area contributed by atoms with Crippen LogP contribution in [0.4, 0.5) is 0 Å². The second-order valence-corrected chi connectivity index (χ2v) is 6.74. The summed E-state index contributed by atoms with van der Waals surface area (Å²) >= 11 is 0. The monoisotopic (exact) mass is 381 g/mol. The number of amides is 1. The molecule has 1 aromatic carbocycles. The average Bonchev–Trinajstić information content (AvgIpc) is 3.06. The first kappa shape index (κ1) is 19.4. The fraction of sp³-hybridized carbons (Fsp3) is 0.286. The van der Waals surface area contributed by atoms with Gasteiger partial charge in [0.25, 0.3) is 5.91 Å². The lowest BCUT2D eigenvalue weighted by atomic mass is 10.2. The highest BCUT2D eigenvalue weighted by molar-refractivity contribution is 5.96.